The summed E-state index contributed by atoms with van der Waals surface area (Å²) in [6.07, 6.45) is 2.95. The van der Waals surface area contributed by atoms with Crippen molar-refractivity contribution in [2.24, 2.45) is 0 Å². The molecule has 0 unspecified atom stereocenters. The van der Waals surface area contributed by atoms with Gasteiger partial charge >= 0.3 is 0 Å². The van der Waals surface area contributed by atoms with Crippen molar-refractivity contribution in [3.8, 4) is 0 Å². The summed E-state index contributed by atoms with van der Waals surface area (Å²) in [6.45, 7) is 8.28. The quantitative estimate of drug-likeness (QED) is 0.808. The Hall–Kier alpha value is -1.42. The number of amides is 1. The largest absolute Gasteiger partial charge is 0.340 e. The van der Waals surface area contributed by atoms with Crippen molar-refractivity contribution in [2.75, 3.05) is 26.2 Å². The maximum Gasteiger partial charge on any atom is 0.219 e. The lowest BCUT2D eigenvalue weighted by Crippen LogP contribution is -2.47. The lowest BCUT2D eigenvalue weighted by atomic mass is 10.2. The van der Waals surface area contributed by atoms with Gasteiger partial charge in [-0.15, -0.1) is 0 Å². The van der Waals surface area contributed by atoms with E-state index in [1.165, 1.54) is 5.56 Å². The molecule has 1 aromatic rings. The number of aromatic nitrogens is 1. The second kappa shape index (κ2) is 5.96. The van der Waals surface area contributed by atoms with Gasteiger partial charge in [-0.25, -0.2) is 0 Å². The van der Waals surface area contributed by atoms with Gasteiger partial charge < -0.3 is 4.90 Å². The SMILES string of the molecule is CCc1ccc(CN2CCN(C(C)=O)CC2)cn1. The maximum atomic E-state index is 11.2. The number of aryl methyl sites for hydroxylation is 1. The normalized spacial score (nSPS) is 16.9. The Labute approximate surface area is 109 Å². The first kappa shape index (κ1) is 13.0. The van der Waals surface area contributed by atoms with Gasteiger partial charge in [-0.05, 0) is 18.1 Å². The zero-order valence-corrected chi connectivity index (χ0v) is 11.2. The molecule has 0 aromatic carbocycles. The van der Waals surface area contributed by atoms with Crippen LogP contribution in [0.3, 0.4) is 0 Å². The highest BCUT2D eigenvalue weighted by molar-refractivity contribution is 5.73. The molecule has 0 radical (unpaired) electrons. The molecule has 4 heteroatoms. The van der Waals surface area contributed by atoms with Crippen LogP contribution in [0, 0.1) is 0 Å². The van der Waals surface area contributed by atoms with Gasteiger partial charge in [-0.3, -0.25) is 14.7 Å². The molecule has 0 N–H and O–H groups in total. The van der Waals surface area contributed by atoms with E-state index in [2.05, 4.69) is 28.9 Å². The molecule has 0 atom stereocenters. The first-order valence-electron chi connectivity index (χ1n) is 6.60. The van der Waals surface area contributed by atoms with Crippen LogP contribution in [0.5, 0.6) is 0 Å². The monoisotopic (exact) mass is 247 g/mol. The molecular weight excluding hydrogens is 226 g/mol. The zero-order valence-electron chi connectivity index (χ0n) is 11.2. The van der Waals surface area contributed by atoms with Gasteiger partial charge in [-0.2, -0.15) is 0 Å². The molecule has 4 nitrogen and oxygen atoms in total. The van der Waals surface area contributed by atoms with Crippen molar-refractivity contribution in [1.82, 2.24) is 14.8 Å². The number of piperazine rings is 1. The number of nitrogens with zero attached hydrogens (tertiary/aromatic N) is 3. The van der Waals surface area contributed by atoms with Crippen LogP contribution in [0.2, 0.25) is 0 Å². The van der Waals surface area contributed by atoms with Crippen LogP contribution in [0.4, 0.5) is 0 Å². The molecule has 0 aliphatic carbocycles. The lowest BCUT2D eigenvalue weighted by Gasteiger charge is -2.34. The summed E-state index contributed by atoms with van der Waals surface area (Å²) in [7, 11) is 0. The summed E-state index contributed by atoms with van der Waals surface area (Å²) in [5.74, 6) is 0.184. The molecule has 0 spiro atoms. The molecule has 1 aliphatic heterocycles. The third-order valence-electron chi connectivity index (χ3n) is 3.47. The Morgan fingerprint density at radius 1 is 1.28 bits per heavy atom. The van der Waals surface area contributed by atoms with Crippen LogP contribution in [0.15, 0.2) is 18.3 Å². The summed E-state index contributed by atoms with van der Waals surface area (Å²) in [4.78, 5) is 19.9. The summed E-state index contributed by atoms with van der Waals surface area (Å²) in [5.41, 5.74) is 2.39. The second-order valence-corrected chi connectivity index (χ2v) is 4.79. The van der Waals surface area contributed by atoms with Gasteiger partial charge in [0.1, 0.15) is 0 Å². The van der Waals surface area contributed by atoms with Crippen LogP contribution in [-0.2, 0) is 17.8 Å². The minimum atomic E-state index is 0.184. The number of carbonyl (C=O) groups excluding carboxylic acids is 1. The van der Waals surface area contributed by atoms with Crippen LogP contribution < -0.4 is 0 Å². The highest BCUT2D eigenvalue weighted by Gasteiger charge is 2.18. The Balaban J connectivity index is 1.85. The van der Waals surface area contributed by atoms with Gasteiger partial charge in [0.05, 0.1) is 0 Å². The number of rotatable bonds is 3. The third kappa shape index (κ3) is 3.29. The molecule has 0 bridgehead atoms. The predicted molar refractivity (Wildman–Crippen MR) is 71.1 cm³/mol. The number of hydrogen-bond donors (Lipinski definition) is 0. The summed E-state index contributed by atoms with van der Waals surface area (Å²) in [6, 6.07) is 4.25. The van der Waals surface area contributed by atoms with Crippen LogP contribution in [-0.4, -0.2) is 46.9 Å². The fraction of sp³-hybridized carbons (Fsp3) is 0.571. The van der Waals surface area contributed by atoms with Crippen LogP contribution in [0.1, 0.15) is 25.1 Å². The highest BCUT2D eigenvalue weighted by atomic mass is 16.2. The Morgan fingerprint density at radius 3 is 2.50 bits per heavy atom. The van der Waals surface area contributed by atoms with E-state index >= 15 is 0 Å². The first-order chi connectivity index (χ1) is 8.69. The molecule has 2 rings (SSSR count). The van der Waals surface area contributed by atoms with Crippen LogP contribution >= 0.6 is 0 Å². The molecule has 2 heterocycles. The summed E-state index contributed by atoms with van der Waals surface area (Å²) < 4.78 is 0. The van der Waals surface area contributed by atoms with Crippen molar-refractivity contribution < 1.29 is 4.79 Å². The topological polar surface area (TPSA) is 36.4 Å². The number of hydrogen-bond acceptors (Lipinski definition) is 3. The molecule has 98 valence electrons. The smallest absolute Gasteiger partial charge is 0.219 e. The predicted octanol–water partition coefficient (Wildman–Crippen LogP) is 1.31. The molecular formula is C14H21N3O. The number of carbonyl (C=O) groups is 1. The van der Waals surface area contributed by atoms with Crippen molar-refractivity contribution in [3.05, 3.63) is 29.6 Å². The first-order valence-corrected chi connectivity index (χ1v) is 6.60. The van der Waals surface area contributed by atoms with Gasteiger partial charge in [-0.1, -0.05) is 13.0 Å². The van der Waals surface area contributed by atoms with Gasteiger partial charge in [0, 0.05) is 51.5 Å². The van der Waals surface area contributed by atoms with Gasteiger partial charge in [0.15, 0.2) is 0 Å². The van der Waals surface area contributed by atoms with Crippen molar-refractivity contribution in [1.29, 1.82) is 0 Å². The summed E-state index contributed by atoms with van der Waals surface area (Å²) in [5, 5.41) is 0. The summed E-state index contributed by atoms with van der Waals surface area (Å²) >= 11 is 0. The Morgan fingerprint density at radius 2 is 2.00 bits per heavy atom. The zero-order chi connectivity index (χ0) is 13.0. The minimum Gasteiger partial charge on any atom is -0.340 e. The Bertz CT molecular complexity index is 394. The van der Waals surface area contributed by atoms with E-state index in [0.29, 0.717) is 0 Å². The van der Waals surface area contributed by atoms with Crippen molar-refractivity contribution >= 4 is 5.91 Å². The van der Waals surface area contributed by atoms with Gasteiger partial charge in [0.2, 0.25) is 5.91 Å². The van der Waals surface area contributed by atoms with E-state index < -0.39 is 0 Å². The van der Waals surface area contributed by atoms with E-state index in [4.69, 9.17) is 0 Å². The van der Waals surface area contributed by atoms with Crippen LogP contribution in [0.25, 0.3) is 0 Å². The molecule has 1 saturated heterocycles. The van der Waals surface area contributed by atoms with E-state index in [9.17, 15) is 4.79 Å². The van der Waals surface area contributed by atoms with E-state index in [-0.39, 0.29) is 5.91 Å². The van der Waals surface area contributed by atoms with Gasteiger partial charge in [0.25, 0.3) is 0 Å². The molecule has 1 fully saturated rings. The maximum absolute atomic E-state index is 11.2. The molecule has 1 aromatic heterocycles. The lowest BCUT2D eigenvalue weighted by molar-refractivity contribution is -0.130. The van der Waals surface area contributed by atoms with Crippen molar-refractivity contribution in [2.45, 2.75) is 26.8 Å². The Kier molecular flexibility index (Phi) is 4.31. The number of pyridine rings is 1. The minimum absolute atomic E-state index is 0.184. The fourth-order valence-electron chi connectivity index (χ4n) is 2.24. The second-order valence-electron chi connectivity index (χ2n) is 4.79. The molecule has 1 aliphatic rings. The molecule has 1 amide bonds. The fourth-order valence-corrected chi connectivity index (χ4v) is 2.24. The average molecular weight is 247 g/mol. The highest BCUT2D eigenvalue weighted by Crippen LogP contribution is 2.08. The van der Waals surface area contributed by atoms with E-state index in [1.54, 1.807) is 6.92 Å². The molecule has 18 heavy (non-hydrogen) atoms. The van der Waals surface area contributed by atoms with Crippen molar-refractivity contribution in [3.63, 3.8) is 0 Å². The third-order valence-corrected chi connectivity index (χ3v) is 3.47. The van der Waals surface area contributed by atoms with E-state index in [0.717, 1.165) is 44.8 Å². The molecule has 0 saturated carbocycles. The van der Waals surface area contributed by atoms with E-state index in [1.807, 2.05) is 11.1 Å². The average Bonchev–Trinajstić information content (AvgIpc) is 2.40. The standard InChI is InChI=1S/C14H21N3O/c1-3-14-5-4-13(10-15-14)11-16-6-8-17(9-7-16)12(2)18/h4-5,10H,3,6-9,11H2,1-2H3.